The molecule has 0 saturated carbocycles. The van der Waals surface area contributed by atoms with Crippen molar-refractivity contribution in [2.45, 2.75) is 27.3 Å². The third kappa shape index (κ3) is 3.02. The number of hydrogen-bond acceptors (Lipinski definition) is 2. The topological polar surface area (TPSA) is 12.0 Å². The van der Waals surface area contributed by atoms with Crippen molar-refractivity contribution in [2.75, 3.05) is 5.32 Å². The van der Waals surface area contributed by atoms with Crippen LogP contribution in [-0.2, 0) is 6.54 Å². The number of aryl methyl sites for hydroxylation is 3. The third-order valence-electron chi connectivity index (χ3n) is 2.74. The molecule has 1 N–H and O–H groups in total. The van der Waals surface area contributed by atoms with E-state index in [9.17, 15) is 0 Å². The van der Waals surface area contributed by atoms with Gasteiger partial charge in [0.15, 0.2) is 0 Å². The Bertz CT molecular complexity index is 508. The van der Waals surface area contributed by atoms with E-state index in [1.54, 1.807) is 11.3 Å². The molecule has 0 spiro atoms. The molecular formula is C14H16ClNS. The lowest BCUT2D eigenvalue weighted by molar-refractivity contribution is 1.16. The summed E-state index contributed by atoms with van der Waals surface area (Å²) in [6.45, 7) is 7.25. The Hall–Kier alpha value is -0.990. The molecule has 2 rings (SSSR count). The zero-order valence-electron chi connectivity index (χ0n) is 10.3. The van der Waals surface area contributed by atoms with Crippen molar-refractivity contribution >= 4 is 28.6 Å². The maximum absolute atomic E-state index is 5.91. The van der Waals surface area contributed by atoms with E-state index in [4.69, 9.17) is 11.6 Å². The molecular weight excluding hydrogens is 250 g/mol. The van der Waals surface area contributed by atoms with Gasteiger partial charge in [0.1, 0.15) is 0 Å². The average molecular weight is 266 g/mol. The average Bonchev–Trinajstić information content (AvgIpc) is 2.62. The molecule has 0 fully saturated rings. The molecule has 1 heterocycles. The third-order valence-corrected chi connectivity index (χ3v) is 4.02. The maximum atomic E-state index is 5.91. The molecule has 0 unspecified atom stereocenters. The minimum Gasteiger partial charge on any atom is -0.380 e. The van der Waals surface area contributed by atoms with E-state index in [2.05, 4.69) is 38.2 Å². The van der Waals surface area contributed by atoms with Crippen molar-refractivity contribution in [3.05, 3.63) is 50.2 Å². The van der Waals surface area contributed by atoms with Crippen LogP contribution in [0.15, 0.2) is 23.6 Å². The van der Waals surface area contributed by atoms with Crippen molar-refractivity contribution in [1.82, 2.24) is 0 Å². The van der Waals surface area contributed by atoms with Gasteiger partial charge >= 0.3 is 0 Å². The summed E-state index contributed by atoms with van der Waals surface area (Å²) in [5, 5.41) is 6.28. The summed E-state index contributed by atoms with van der Waals surface area (Å²) in [5.74, 6) is 0. The molecule has 90 valence electrons. The highest BCUT2D eigenvalue weighted by Crippen LogP contribution is 2.24. The Labute approximate surface area is 111 Å². The van der Waals surface area contributed by atoms with E-state index in [1.165, 1.54) is 27.3 Å². The maximum Gasteiger partial charge on any atom is 0.0516 e. The van der Waals surface area contributed by atoms with Gasteiger partial charge in [0.25, 0.3) is 0 Å². The second-order valence-corrected chi connectivity index (χ2v) is 5.79. The van der Waals surface area contributed by atoms with Crippen LogP contribution >= 0.6 is 22.9 Å². The normalized spacial score (nSPS) is 10.6. The fraction of sp³-hybridized carbons (Fsp3) is 0.286. The zero-order valence-corrected chi connectivity index (χ0v) is 11.9. The van der Waals surface area contributed by atoms with E-state index < -0.39 is 0 Å². The summed E-state index contributed by atoms with van der Waals surface area (Å²) in [5.41, 5.74) is 5.14. The minimum absolute atomic E-state index is 0.823. The quantitative estimate of drug-likeness (QED) is 0.829. The zero-order chi connectivity index (χ0) is 12.4. The molecule has 0 aliphatic carbocycles. The molecule has 17 heavy (non-hydrogen) atoms. The van der Waals surface area contributed by atoms with Gasteiger partial charge in [-0.1, -0.05) is 29.3 Å². The van der Waals surface area contributed by atoms with Crippen molar-refractivity contribution in [3.8, 4) is 0 Å². The van der Waals surface area contributed by atoms with Crippen molar-refractivity contribution < 1.29 is 0 Å². The fourth-order valence-electron chi connectivity index (χ4n) is 2.08. The SMILES string of the molecule is Cc1cc(C)c(NCc2cc(Cl)cs2)c(C)c1. The van der Waals surface area contributed by atoms with Crippen LogP contribution in [0.1, 0.15) is 21.6 Å². The predicted octanol–water partition coefficient (Wildman–Crippen LogP) is 4.94. The number of benzene rings is 1. The lowest BCUT2D eigenvalue weighted by Crippen LogP contribution is -2.02. The Morgan fingerprint density at radius 3 is 2.29 bits per heavy atom. The molecule has 0 saturated heterocycles. The van der Waals surface area contributed by atoms with Gasteiger partial charge in [-0.05, 0) is 38.0 Å². The number of thiophene rings is 1. The van der Waals surface area contributed by atoms with Gasteiger partial charge in [-0.15, -0.1) is 11.3 Å². The Morgan fingerprint density at radius 2 is 1.76 bits per heavy atom. The van der Waals surface area contributed by atoms with Crippen LogP contribution in [0, 0.1) is 20.8 Å². The van der Waals surface area contributed by atoms with E-state index in [0.717, 1.165) is 11.6 Å². The number of halogens is 1. The van der Waals surface area contributed by atoms with Crippen LogP contribution in [0.25, 0.3) is 0 Å². The fourth-order valence-corrected chi connectivity index (χ4v) is 3.09. The predicted molar refractivity (Wildman–Crippen MR) is 77.3 cm³/mol. The number of nitrogens with one attached hydrogen (secondary N) is 1. The van der Waals surface area contributed by atoms with Crippen molar-refractivity contribution in [1.29, 1.82) is 0 Å². The summed E-state index contributed by atoms with van der Waals surface area (Å²) < 4.78 is 0. The van der Waals surface area contributed by atoms with Crippen LogP contribution in [0.5, 0.6) is 0 Å². The van der Waals surface area contributed by atoms with Gasteiger partial charge in [0, 0.05) is 22.5 Å². The highest BCUT2D eigenvalue weighted by molar-refractivity contribution is 7.10. The largest absolute Gasteiger partial charge is 0.380 e. The number of rotatable bonds is 3. The first-order chi connectivity index (χ1) is 8.06. The lowest BCUT2D eigenvalue weighted by Gasteiger charge is -2.13. The molecule has 0 bridgehead atoms. The van der Waals surface area contributed by atoms with Gasteiger partial charge in [-0.25, -0.2) is 0 Å². The molecule has 0 aliphatic rings. The highest BCUT2D eigenvalue weighted by Gasteiger charge is 2.04. The highest BCUT2D eigenvalue weighted by atomic mass is 35.5. The monoisotopic (exact) mass is 265 g/mol. The standard InChI is InChI=1S/C14H16ClNS/c1-9-4-10(2)14(11(3)5-9)16-7-13-6-12(15)8-17-13/h4-6,8,16H,7H2,1-3H3. The first-order valence-corrected chi connectivity index (χ1v) is 6.86. The molecule has 0 amide bonds. The van der Waals surface area contributed by atoms with E-state index in [1.807, 2.05) is 11.4 Å². The Kier molecular flexibility index (Phi) is 3.75. The first kappa shape index (κ1) is 12.5. The second-order valence-electron chi connectivity index (χ2n) is 4.36. The van der Waals surface area contributed by atoms with Crippen LogP contribution < -0.4 is 5.32 Å². The summed E-state index contributed by atoms with van der Waals surface area (Å²) in [6.07, 6.45) is 0. The summed E-state index contributed by atoms with van der Waals surface area (Å²) in [4.78, 5) is 1.26. The van der Waals surface area contributed by atoms with E-state index in [-0.39, 0.29) is 0 Å². The molecule has 2 aromatic rings. The Balaban J connectivity index is 2.14. The Morgan fingerprint density at radius 1 is 1.12 bits per heavy atom. The van der Waals surface area contributed by atoms with E-state index in [0.29, 0.717) is 0 Å². The first-order valence-electron chi connectivity index (χ1n) is 5.61. The minimum atomic E-state index is 0.823. The van der Waals surface area contributed by atoms with Crippen LogP contribution in [0.3, 0.4) is 0 Å². The van der Waals surface area contributed by atoms with Crippen LogP contribution in [0.4, 0.5) is 5.69 Å². The van der Waals surface area contributed by atoms with E-state index >= 15 is 0 Å². The number of hydrogen-bond donors (Lipinski definition) is 1. The van der Waals surface area contributed by atoms with Crippen LogP contribution in [-0.4, -0.2) is 0 Å². The van der Waals surface area contributed by atoms with Crippen molar-refractivity contribution in [2.24, 2.45) is 0 Å². The van der Waals surface area contributed by atoms with Crippen LogP contribution in [0.2, 0.25) is 5.02 Å². The molecule has 0 atom stereocenters. The lowest BCUT2D eigenvalue weighted by atomic mass is 10.1. The van der Waals surface area contributed by atoms with Gasteiger partial charge in [-0.3, -0.25) is 0 Å². The second kappa shape index (κ2) is 5.11. The van der Waals surface area contributed by atoms with Gasteiger partial charge in [0.2, 0.25) is 0 Å². The van der Waals surface area contributed by atoms with Gasteiger partial charge < -0.3 is 5.32 Å². The summed E-state index contributed by atoms with van der Waals surface area (Å²) in [6, 6.07) is 6.42. The molecule has 0 radical (unpaired) electrons. The van der Waals surface area contributed by atoms with Gasteiger partial charge in [0.05, 0.1) is 5.02 Å². The molecule has 1 nitrogen and oxygen atoms in total. The molecule has 0 aliphatic heterocycles. The summed E-state index contributed by atoms with van der Waals surface area (Å²) >= 11 is 7.60. The summed E-state index contributed by atoms with van der Waals surface area (Å²) in [7, 11) is 0. The van der Waals surface area contributed by atoms with Crippen molar-refractivity contribution in [3.63, 3.8) is 0 Å². The smallest absolute Gasteiger partial charge is 0.0516 e. The van der Waals surface area contributed by atoms with Gasteiger partial charge in [-0.2, -0.15) is 0 Å². The molecule has 1 aromatic carbocycles. The molecule has 3 heteroatoms. The number of anilines is 1. The molecule has 1 aromatic heterocycles.